The predicted molar refractivity (Wildman–Crippen MR) is 127 cm³/mol. The van der Waals surface area contributed by atoms with Crippen LogP contribution >= 0.6 is 0 Å². The largest absolute Gasteiger partial charge is 0.497 e. The minimum atomic E-state index is -0.217. The molecule has 2 aromatic carbocycles. The monoisotopic (exact) mass is 446 g/mol. The molecule has 7 heteroatoms. The van der Waals surface area contributed by atoms with E-state index in [1.54, 1.807) is 14.2 Å². The lowest BCUT2D eigenvalue weighted by molar-refractivity contribution is -0.132. The number of nitrogens with one attached hydrogen (secondary N) is 2. The molecule has 3 aromatic rings. The van der Waals surface area contributed by atoms with E-state index in [-0.39, 0.29) is 17.7 Å². The first kappa shape index (κ1) is 22.6. The minimum Gasteiger partial charge on any atom is -0.497 e. The first-order valence-corrected chi connectivity index (χ1v) is 11.4. The van der Waals surface area contributed by atoms with Crippen LogP contribution in [0.4, 0.5) is 0 Å². The number of carbonyl (C=O) groups excluding carboxylic acids is 2. The molecule has 0 bridgehead atoms. The number of benzene rings is 2. The SMILES string of the molecule is CNC(=O)c1[nH]c(C2CCCN(C(=O)CCc3ccccc3)C2)nc1-c1ccc(OC)cc1. The van der Waals surface area contributed by atoms with Crippen molar-refractivity contribution in [2.45, 2.75) is 31.6 Å². The number of hydrogen-bond acceptors (Lipinski definition) is 4. The molecule has 1 atom stereocenters. The maximum atomic E-state index is 12.9. The Morgan fingerprint density at radius 3 is 2.61 bits per heavy atom. The lowest BCUT2D eigenvalue weighted by atomic mass is 9.96. The third kappa shape index (κ3) is 5.25. The number of hydrogen-bond donors (Lipinski definition) is 2. The highest BCUT2D eigenvalue weighted by Gasteiger charge is 2.28. The van der Waals surface area contributed by atoms with Crippen LogP contribution in [-0.4, -0.2) is 53.9 Å². The number of rotatable bonds is 7. The van der Waals surface area contributed by atoms with Crippen molar-refractivity contribution in [2.75, 3.05) is 27.2 Å². The third-order valence-electron chi connectivity index (χ3n) is 6.17. The molecule has 1 unspecified atom stereocenters. The average molecular weight is 447 g/mol. The van der Waals surface area contributed by atoms with Crippen LogP contribution in [-0.2, 0) is 11.2 Å². The number of H-pyrrole nitrogens is 1. The van der Waals surface area contributed by atoms with E-state index in [0.29, 0.717) is 24.4 Å². The van der Waals surface area contributed by atoms with E-state index < -0.39 is 0 Å². The number of aromatic amines is 1. The van der Waals surface area contributed by atoms with Crippen molar-refractivity contribution in [3.8, 4) is 17.0 Å². The van der Waals surface area contributed by atoms with Crippen molar-refractivity contribution >= 4 is 11.8 Å². The molecular formula is C26H30N4O3. The van der Waals surface area contributed by atoms with Gasteiger partial charge in [-0.3, -0.25) is 9.59 Å². The molecule has 0 aliphatic carbocycles. The lowest BCUT2D eigenvalue weighted by Gasteiger charge is -2.32. The van der Waals surface area contributed by atoms with E-state index in [1.807, 2.05) is 47.4 Å². The summed E-state index contributed by atoms with van der Waals surface area (Å²) in [6.45, 7) is 1.37. The van der Waals surface area contributed by atoms with Gasteiger partial charge in [0, 0.05) is 38.0 Å². The topological polar surface area (TPSA) is 87.3 Å². The van der Waals surface area contributed by atoms with Crippen LogP contribution in [0.1, 0.15) is 47.1 Å². The van der Waals surface area contributed by atoms with Gasteiger partial charge >= 0.3 is 0 Å². The second-order valence-corrected chi connectivity index (χ2v) is 8.32. The molecule has 2 N–H and O–H groups in total. The maximum Gasteiger partial charge on any atom is 0.269 e. The summed E-state index contributed by atoms with van der Waals surface area (Å²) in [5, 5.41) is 2.69. The molecule has 0 radical (unpaired) electrons. The molecule has 1 aliphatic heterocycles. The van der Waals surface area contributed by atoms with Gasteiger partial charge in [-0.1, -0.05) is 30.3 Å². The van der Waals surface area contributed by atoms with Crippen LogP contribution < -0.4 is 10.1 Å². The van der Waals surface area contributed by atoms with E-state index in [4.69, 9.17) is 9.72 Å². The molecule has 172 valence electrons. The van der Waals surface area contributed by atoms with Gasteiger partial charge in [-0.05, 0) is 49.1 Å². The number of piperidine rings is 1. The summed E-state index contributed by atoms with van der Waals surface area (Å²) in [6.07, 6.45) is 3.07. The first-order valence-electron chi connectivity index (χ1n) is 11.4. The Hall–Kier alpha value is -3.61. The van der Waals surface area contributed by atoms with Crippen molar-refractivity contribution in [3.05, 3.63) is 71.7 Å². The summed E-state index contributed by atoms with van der Waals surface area (Å²) < 4.78 is 5.24. The third-order valence-corrected chi connectivity index (χ3v) is 6.17. The molecule has 2 amide bonds. The van der Waals surface area contributed by atoms with Crippen molar-refractivity contribution in [1.29, 1.82) is 0 Å². The lowest BCUT2D eigenvalue weighted by Crippen LogP contribution is -2.39. The van der Waals surface area contributed by atoms with E-state index in [9.17, 15) is 9.59 Å². The summed E-state index contributed by atoms with van der Waals surface area (Å²) in [5.74, 6) is 1.51. The van der Waals surface area contributed by atoms with Crippen LogP contribution in [0, 0.1) is 0 Å². The van der Waals surface area contributed by atoms with E-state index >= 15 is 0 Å². The van der Waals surface area contributed by atoms with Crippen LogP contribution in [0.2, 0.25) is 0 Å². The Labute approximate surface area is 194 Å². The molecule has 1 aliphatic rings. The van der Waals surface area contributed by atoms with Gasteiger partial charge in [0.05, 0.1) is 7.11 Å². The van der Waals surface area contributed by atoms with E-state index in [1.165, 1.54) is 5.56 Å². The van der Waals surface area contributed by atoms with Gasteiger partial charge in [0.25, 0.3) is 5.91 Å². The van der Waals surface area contributed by atoms with E-state index in [2.05, 4.69) is 22.4 Å². The van der Waals surface area contributed by atoms with Crippen LogP contribution in [0.3, 0.4) is 0 Å². The number of likely N-dealkylation sites (tertiary alicyclic amines) is 1. The van der Waals surface area contributed by atoms with Crippen molar-refractivity contribution in [3.63, 3.8) is 0 Å². The number of carbonyl (C=O) groups is 2. The highest BCUT2D eigenvalue weighted by Crippen LogP contribution is 2.30. The fraction of sp³-hybridized carbons (Fsp3) is 0.346. The number of amides is 2. The molecule has 1 aromatic heterocycles. The summed E-state index contributed by atoms with van der Waals surface area (Å²) in [5.41, 5.74) is 3.05. The number of nitrogens with zero attached hydrogens (tertiary/aromatic N) is 2. The van der Waals surface area contributed by atoms with Gasteiger partial charge in [0.15, 0.2) is 0 Å². The molecule has 4 rings (SSSR count). The van der Waals surface area contributed by atoms with E-state index in [0.717, 1.165) is 42.9 Å². The number of aromatic nitrogens is 2. The maximum absolute atomic E-state index is 12.9. The fourth-order valence-electron chi connectivity index (χ4n) is 4.31. The zero-order valence-corrected chi connectivity index (χ0v) is 19.1. The average Bonchev–Trinajstić information content (AvgIpc) is 3.33. The second-order valence-electron chi connectivity index (χ2n) is 8.32. The zero-order valence-electron chi connectivity index (χ0n) is 19.1. The Morgan fingerprint density at radius 2 is 1.91 bits per heavy atom. The first-order chi connectivity index (χ1) is 16.1. The molecule has 0 saturated carbocycles. The number of aryl methyl sites for hydroxylation is 1. The summed E-state index contributed by atoms with van der Waals surface area (Å²) in [4.78, 5) is 35.4. The Morgan fingerprint density at radius 1 is 1.15 bits per heavy atom. The Balaban J connectivity index is 1.50. The second kappa shape index (κ2) is 10.3. The van der Waals surface area contributed by atoms with Gasteiger partial charge in [-0.15, -0.1) is 0 Å². The van der Waals surface area contributed by atoms with Gasteiger partial charge in [0.2, 0.25) is 5.91 Å². The zero-order chi connectivity index (χ0) is 23.2. The molecule has 33 heavy (non-hydrogen) atoms. The summed E-state index contributed by atoms with van der Waals surface area (Å²) in [6, 6.07) is 17.6. The van der Waals surface area contributed by atoms with Crippen LogP contribution in [0.5, 0.6) is 5.75 Å². The predicted octanol–water partition coefficient (Wildman–Crippen LogP) is 3.78. The summed E-state index contributed by atoms with van der Waals surface area (Å²) >= 11 is 0. The molecule has 7 nitrogen and oxygen atoms in total. The van der Waals surface area contributed by atoms with Crippen molar-refractivity contribution in [1.82, 2.24) is 20.2 Å². The van der Waals surface area contributed by atoms with Gasteiger partial charge in [-0.2, -0.15) is 0 Å². The minimum absolute atomic E-state index is 0.0647. The molecule has 1 fully saturated rings. The number of ether oxygens (including phenoxy) is 1. The van der Waals surface area contributed by atoms with Crippen molar-refractivity contribution in [2.24, 2.45) is 0 Å². The van der Waals surface area contributed by atoms with Crippen molar-refractivity contribution < 1.29 is 14.3 Å². The highest BCUT2D eigenvalue weighted by atomic mass is 16.5. The fourth-order valence-corrected chi connectivity index (χ4v) is 4.31. The van der Waals surface area contributed by atoms with Gasteiger partial charge in [0.1, 0.15) is 23.0 Å². The van der Waals surface area contributed by atoms with Crippen LogP contribution in [0.25, 0.3) is 11.3 Å². The molecular weight excluding hydrogens is 416 g/mol. The number of methoxy groups -OCH3 is 1. The van der Waals surface area contributed by atoms with Gasteiger partial charge in [-0.25, -0.2) is 4.98 Å². The molecule has 0 spiro atoms. The molecule has 1 saturated heterocycles. The Bertz CT molecular complexity index is 1090. The Kier molecular flexibility index (Phi) is 7.07. The molecule has 2 heterocycles. The van der Waals surface area contributed by atoms with Crippen LogP contribution in [0.15, 0.2) is 54.6 Å². The van der Waals surface area contributed by atoms with Gasteiger partial charge < -0.3 is 19.9 Å². The summed E-state index contributed by atoms with van der Waals surface area (Å²) in [7, 11) is 3.22. The highest BCUT2D eigenvalue weighted by molar-refractivity contribution is 5.98. The standard InChI is InChI=1S/C26H30N4O3/c1-27-26(32)24-23(19-11-13-21(33-2)14-12-19)28-25(29-24)20-9-6-16-30(17-20)22(31)15-10-18-7-4-3-5-8-18/h3-5,7-8,11-14,20H,6,9-10,15-17H2,1-2H3,(H,27,32)(H,28,29). The quantitative estimate of drug-likeness (QED) is 0.578. The smallest absolute Gasteiger partial charge is 0.269 e. The normalized spacial score (nSPS) is 15.8. The number of imidazole rings is 1.